The Kier molecular flexibility index (Phi) is 4.18. The fourth-order valence-electron chi connectivity index (χ4n) is 1.91. The lowest BCUT2D eigenvalue weighted by molar-refractivity contribution is -0.137. The van der Waals surface area contributed by atoms with Crippen molar-refractivity contribution in [3.8, 4) is 0 Å². The molecule has 0 spiro atoms. The molecule has 1 fully saturated rings. The highest BCUT2D eigenvalue weighted by Gasteiger charge is 2.32. The normalized spacial score (nSPS) is 21.5. The molecule has 1 amide bonds. The molecule has 1 saturated heterocycles. The van der Waals surface area contributed by atoms with Crippen LogP contribution in [0.15, 0.2) is 12.5 Å². The lowest BCUT2D eigenvalue weighted by atomic mass is 10.3. The van der Waals surface area contributed by atoms with Crippen LogP contribution in [0.2, 0.25) is 0 Å². The van der Waals surface area contributed by atoms with Gasteiger partial charge in [0, 0.05) is 25.8 Å². The van der Waals surface area contributed by atoms with Crippen LogP contribution in [-0.2, 0) is 16.0 Å². The summed E-state index contributed by atoms with van der Waals surface area (Å²) in [6.45, 7) is 5.75. The third kappa shape index (κ3) is 3.76. The molecule has 0 saturated carbocycles. The lowest BCUT2D eigenvalue weighted by Gasteiger charge is -2.17. The van der Waals surface area contributed by atoms with Gasteiger partial charge in [-0.15, -0.1) is 0 Å². The number of hydrogen-bond donors (Lipinski definition) is 2. The highest BCUT2D eigenvalue weighted by molar-refractivity contribution is 5.92. The van der Waals surface area contributed by atoms with E-state index in [-0.39, 0.29) is 12.0 Å². The highest BCUT2D eigenvalue weighted by Crippen LogP contribution is 2.21. The monoisotopic (exact) mass is 268 g/mol. The predicted molar refractivity (Wildman–Crippen MR) is 68.5 cm³/mol. The molecule has 1 unspecified atom stereocenters. The molecule has 7 nitrogen and oxygen atoms in total. The fraction of sp³-hybridized carbons (Fsp3) is 0.667. The van der Waals surface area contributed by atoms with E-state index in [1.807, 2.05) is 13.8 Å². The van der Waals surface area contributed by atoms with Crippen LogP contribution >= 0.6 is 0 Å². The summed E-state index contributed by atoms with van der Waals surface area (Å²) in [4.78, 5) is 15.9. The summed E-state index contributed by atoms with van der Waals surface area (Å²) < 4.78 is 12.8. The van der Waals surface area contributed by atoms with Crippen molar-refractivity contribution >= 4 is 5.91 Å². The van der Waals surface area contributed by atoms with Crippen LogP contribution in [0.1, 0.15) is 24.3 Å². The van der Waals surface area contributed by atoms with E-state index < -0.39 is 5.79 Å². The molecular weight excluding hydrogens is 248 g/mol. The van der Waals surface area contributed by atoms with Crippen molar-refractivity contribution in [1.29, 1.82) is 0 Å². The fourth-order valence-corrected chi connectivity index (χ4v) is 1.91. The summed E-state index contributed by atoms with van der Waals surface area (Å²) in [5.74, 6) is -0.790. The highest BCUT2D eigenvalue weighted by atomic mass is 16.7. The van der Waals surface area contributed by atoms with Gasteiger partial charge in [-0.25, -0.2) is 4.98 Å². The van der Waals surface area contributed by atoms with Gasteiger partial charge in [0.25, 0.3) is 5.91 Å². The molecule has 1 aliphatic heterocycles. The van der Waals surface area contributed by atoms with Gasteiger partial charge in [0.2, 0.25) is 0 Å². The first kappa shape index (κ1) is 14.0. The van der Waals surface area contributed by atoms with Crippen molar-refractivity contribution in [2.24, 2.45) is 5.73 Å². The Morgan fingerprint density at radius 1 is 1.68 bits per heavy atom. The molecule has 19 heavy (non-hydrogen) atoms. The van der Waals surface area contributed by atoms with E-state index in [0.717, 1.165) is 0 Å². The number of rotatable bonds is 5. The second-order valence-electron chi connectivity index (χ2n) is 4.95. The number of carbonyl (C=O) groups excluding carboxylic acids is 1. The van der Waals surface area contributed by atoms with E-state index in [4.69, 9.17) is 15.2 Å². The van der Waals surface area contributed by atoms with Crippen LogP contribution in [-0.4, -0.2) is 47.0 Å². The molecule has 7 heteroatoms. The lowest BCUT2D eigenvalue weighted by Crippen LogP contribution is -2.34. The Labute approximate surface area is 112 Å². The zero-order chi connectivity index (χ0) is 13.9. The first-order chi connectivity index (χ1) is 9.00. The van der Waals surface area contributed by atoms with Gasteiger partial charge in [0.05, 0.1) is 12.9 Å². The molecule has 2 heterocycles. The second kappa shape index (κ2) is 5.68. The summed E-state index contributed by atoms with van der Waals surface area (Å²) in [5, 5.41) is 2.78. The van der Waals surface area contributed by atoms with Crippen LogP contribution in [0, 0.1) is 0 Å². The van der Waals surface area contributed by atoms with E-state index in [1.54, 1.807) is 17.1 Å². The largest absolute Gasteiger partial charge is 0.348 e. The van der Waals surface area contributed by atoms with Crippen LogP contribution in [0.25, 0.3) is 0 Å². The summed E-state index contributed by atoms with van der Waals surface area (Å²) >= 11 is 0. The van der Waals surface area contributed by atoms with Gasteiger partial charge in [-0.2, -0.15) is 0 Å². The van der Waals surface area contributed by atoms with Crippen LogP contribution in [0.4, 0.5) is 0 Å². The van der Waals surface area contributed by atoms with E-state index in [0.29, 0.717) is 31.9 Å². The number of nitrogens with two attached hydrogens (primary N) is 1. The summed E-state index contributed by atoms with van der Waals surface area (Å²) in [6.07, 6.45) is 3.16. The van der Waals surface area contributed by atoms with E-state index in [1.165, 1.54) is 0 Å². The topological polar surface area (TPSA) is 91.4 Å². The molecule has 1 aromatic heterocycles. The minimum absolute atomic E-state index is 0.120. The summed E-state index contributed by atoms with van der Waals surface area (Å²) in [7, 11) is 0. The molecule has 1 atom stereocenters. The van der Waals surface area contributed by atoms with Gasteiger partial charge in [0.15, 0.2) is 5.79 Å². The summed E-state index contributed by atoms with van der Waals surface area (Å²) in [5.41, 5.74) is 5.81. The Bertz CT molecular complexity index is 444. The number of amides is 1. The molecule has 0 radical (unpaired) electrons. The van der Waals surface area contributed by atoms with Gasteiger partial charge >= 0.3 is 0 Å². The average molecular weight is 268 g/mol. The standard InChI is InChI=1S/C12H20N4O3/c1-12(2)18-7-9(19-12)5-14-11(17)10-6-16(4-3-13)8-15-10/h6,8-9H,3-5,7,13H2,1-2H3,(H,14,17). The first-order valence-corrected chi connectivity index (χ1v) is 6.32. The summed E-state index contributed by atoms with van der Waals surface area (Å²) in [6, 6.07) is 0. The number of carbonyl (C=O) groups is 1. The molecule has 3 N–H and O–H groups in total. The minimum Gasteiger partial charge on any atom is -0.348 e. The zero-order valence-corrected chi connectivity index (χ0v) is 11.3. The number of aromatic nitrogens is 2. The van der Waals surface area contributed by atoms with Crippen molar-refractivity contribution in [3.63, 3.8) is 0 Å². The van der Waals surface area contributed by atoms with Crippen molar-refractivity contribution in [2.45, 2.75) is 32.3 Å². The molecular formula is C12H20N4O3. The molecule has 1 aromatic rings. The Morgan fingerprint density at radius 3 is 3.11 bits per heavy atom. The van der Waals surface area contributed by atoms with Crippen LogP contribution < -0.4 is 11.1 Å². The minimum atomic E-state index is -0.571. The number of imidazole rings is 1. The van der Waals surface area contributed by atoms with Crippen molar-refractivity contribution in [2.75, 3.05) is 19.7 Å². The maximum absolute atomic E-state index is 11.9. The van der Waals surface area contributed by atoms with Gasteiger partial charge in [-0.1, -0.05) is 0 Å². The molecule has 2 rings (SSSR count). The van der Waals surface area contributed by atoms with E-state index in [9.17, 15) is 4.79 Å². The smallest absolute Gasteiger partial charge is 0.271 e. The first-order valence-electron chi connectivity index (χ1n) is 6.32. The van der Waals surface area contributed by atoms with Crippen molar-refractivity contribution in [3.05, 3.63) is 18.2 Å². The number of ether oxygens (including phenoxy) is 2. The third-order valence-corrected chi connectivity index (χ3v) is 2.81. The van der Waals surface area contributed by atoms with Gasteiger partial charge in [0.1, 0.15) is 11.8 Å². The van der Waals surface area contributed by atoms with E-state index in [2.05, 4.69) is 10.3 Å². The quantitative estimate of drug-likeness (QED) is 0.766. The van der Waals surface area contributed by atoms with E-state index >= 15 is 0 Å². The molecule has 0 aliphatic carbocycles. The number of hydrogen-bond acceptors (Lipinski definition) is 5. The Morgan fingerprint density at radius 2 is 2.47 bits per heavy atom. The van der Waals surface area contributed by atoms with Crippen molar-refractivity contribution < 1.29 is 14.3 Å². The number of nitrogens with one attached hydrogen (secondary N) is 1. The van der Waals surface area contributed by atoms with Gasteiger partial charge < -0.3 is 25.1 Å². The maximum atomic E-state index is 11.9. The Hall–Kier alpha value is -1.44. The number of nitrogens with zero attached hydrogens (tertiary/aromatic N) is 2. The van der Waals surface area contributed by atoms with Crippen LogP contribution in [0.5, 0.6) is 0 Å². The zero-order valence-electron chi connectivity index (χ0n) is 11.3. The van der Waals surface area contributed by atoms with Crippen molar-refractivity contribution in [1.82, 2.24) is 14.9 Å². The second-order valence-corrected chi connectivity index (χ2v) is 4.95. The van der Waals surface area contributed by atoms with Crippen LogP contribution in [0.3, 0.4) is 0 Å². The molecule has 106 valence electrons. The molecule has 0 aromatic carbocycles. The average Bonchev–Trinajstić information content (AvgIpc) is 2.93. The van der Waals surface area contributed by atoms with Gasteiger partial charge in [-0.05, 0) is 13.8 Å². The molecule has 1 aliphatic rings. The maximum Gasteiger partial charge on any atom is 0.271 e. The SMILES string of the molecule is CC1(C)OCC(CNC(=O)c2cn(CCN)cn2)O1. The molecule has 0 bridgehead atoms. The third-order valence-electron chi connectivity index (χ3n) is 2.81. The Balaban J connectivity index is 1.81. The van der Waals surface area contributed by atoms with Gasteiger partial charge in [-0.3, -0.25) is 4.79 Å². The predicted octanol–water partition coefficient (Wildman–Crippen LogP) is -0.277.